The number of carbonyl (C=O) groups excluding carboxylic acids is 2. The number of hydrogen-bond donors (Lipinski definition) is 0. The Bertz CT molecular complexity index is 966. The molecule has 0 fully saturated rings. The summed E-state index contributed by atoms with van der Waals surface area (Å²) in [5, 5.41) is 0. The van der Waals surface area contributed by atoms with Crippen LogP contribution in [0.4, 0.5) is 26.3 Å². The van der Waals surface area contributed by atoms with Gasteiger partial charge in [0.05, 0.1) is 25.3 Å². The van der Waals surface area contributed by atoms with E-state index in [9.17, 15) is 35.9 Å². The van der Waals surface area contributed by atoms with Gasteiger partial charge in [0, 0.05) is 6.54 Å². The van der Waals surface area contributed by atoms with E-state index in [2.05, 4.69) is 9.47 Å². The fourth-order valence-corrected chi connectivity index (χ4v) is 2.94. The van der Waals surface area contributed by atoms with Crippen LogP contribution >= 0.6 is 0 Å². The lowest BCUT2D eigenvalue weighted by Crippen LogP contribution is -2.39. The Morgan fingerprint density at radius 3 is 1.50 bits per heavy atom. The first-order chi connectivity index (χ1) is 15.1. The van der Waals surface area contributed by atoms with Gasteiger partial charge < -0.3 is 9.47 Å². The number of methoxy groups -OCH3 is 2. The minimum Gasteiger partial charge on any atom is -0.491 e. The molecule has 0 bridgehead atoms. The van der Waals surface area contributed by atoms with E-state index in [0.717, 1.165) is 14.2 Å². The summed E-state index contributed by atoms with van der Waals surface area (Å²) in [5.74, 6) is -15.1. The summed E-state index contributed by atoms with van der Waals surface area (Å²) >= 11 is 0. The Labute approximate surface area is 179 Å². The van der Waals surface area contributed by atoms with Crippen molar-refractivity contribution in [2.24, 2.45) is 0 Å². The summed E-state index contributed by atoms with van der Waals surface area (Å²) in [5.41, 5.74) is -2.14. The topological polar surface area (TPSA) is 55.8 Å². The predicted octanol–water partition coefficient (Wildman–Crippen LogP) is 5.01. The fourth-order valence-electron chi connectivity index (χ4n) is 2.94. The van der Waals surface area contributed by atoms with Crippen LogP contribution in [0, 0.1) is 34.9 Å². The molecular weight excluding hydrogens is 444 g/mol. The minimum absolute atomic E-state index is 0.179. The highest BCUT2D eigenvalue weighted by Gasteiger charge is 2.33. The lowest BCUT2D eigenvalue weighted by Gasteiger charge is -2.22. The third-order valence-electron chi connectivity index (χ3n) is 4.58. The molecule has 0 aromatic heterocycles. The first kappa shape index (κ1) is 25.0. The van der Waals surface area contributed by atoms with Gasteiger partial charge in [0.25, 0.3) is 11.8 Å². The molecule has 11 heteroatoms. The average molecular weight is 463 g/mol. The number of hydrogen-bond acceptors (Lipinski definition) is 4. The number of benzene rings is 2. The third kappa shape index (κ3) is 4.66. The lowest BCUT2D eigenvalue weighted by molar-refractivity contribution is 0.0606. The molecule has 0 spiro atoms. The van der Waals surface area contributed by atoms with Gasteiger partial charge in [-0.1, -0.05) is 19.8 Å². The van der Waals surface area contributed by atoms with Crippen LogP contribution in [0.25, 0.3) is 0 Å². The van der Waals surface area contributed by atoms with Gasteiger partial charge in [-0.15, -0.1) is 0 Å². The van der Waals surface area contributed by atoms with Gasteiger partial charge in [0.15, 0.2) is 34.8 Å². The van der Waals surface area contributed by atoms with Gasteiger partial charge in [-0.2, -0.15) is 8.78 Å². The summed E-state index contributed by atoms with van der Waals surface area (Å²) in [6.07, 6.45) is 1.31. The summed E-state index contributed by atoms with van der Waals surface area (Å²) in [6.45, 7) is 1.40. The van der Waals surface area contributed by atoms with E-state index in [1.54, 1.807) is 6.92 Å². The highest BCUT2D eigenvalue weighted by atomic mass is 19.2. The van der Waals surface area contributed by atoms with Crippen LogP contribution in [0.1, 0.15) is 46.9 Å². The first-order valence-electron chi connectivity index (χ1n) is 9.39. The van der Waals surface area contributed by atoms with Crippen molar-refractivity contribution >= 4 is 11.8 Å². The number of amides is 2. The maximum Gasteiger partial charge on any atom is 0.263 e. The average Bonchev–Trinajstić information content (AvgIpc) is 2.76. The zero-order valence-corrected chi connectivity index (χ0v) is 17.3. The monoisotopic (exact) mass is 463 g/mol. The van der Waals surface area contributed by atoms with Crippen molar-refractivity contribution in [1.29, 1.82) is 0 Å². The largest absolute Gasteiger partial charge is 0.491 e. The number of unbranched alkanes of at least 4 members (excludes halogenated alkanes) is 2. The Kier molecular flexibility index (Phi) is 8.12. The molecule has 0 unspecified atom stereocenters. The van der Waals surface area contributed by atoms with Crippen molar-refractivity contribution < 1.29 is 45.4 Å². The zero-order valence-electron chi connectivity index (χ0n) is 17.3. The SMILES string of the molecule is CCCCCN(C(=O)c1cc(F)c(F)c(OC)c1F)C(=O)c1cc(F)c(F)c(OC)c1F. The number of imide groups is 1. The Morgan fingerprint density at radius 1 is 0.750 bits per heavy atom. The van der Waals surface area contributed by atoms with E-state index in [0.29, 0.717) is 17.7 Å². The highest BCUT2D eigenvalue weighted by Crippen LogP contribution is 2.30. The molecule has 0 aliphatic heterocycles. The van der Waals surface area contributed by atoms with Crippen molar-refractivity contribution in [2.75, 3.05) is 20.8 Å². The van der Waals surface area contributed by atoms with Crippen LogP contribution in [-0.2, 0) is 0 Å². The Hall–Kier alpha value is -3.24. The quantitative estimate of drug-likeness (QED) is 0.239. The second kappa shape index (κ2) is 10.4. The molecule has 0 radical (unpaired) electrons. The van der Waals surface area contributed by atoms with E-state index in [1.807, 2.05) is 0 Å². The van der Waals surface area contributed by atoms with Crippen molar-refractivity contribution in [3.63, 3.8) is 0 Å². The molecule has 2 rings (SSSR count). The van der Waals surface area contributed by atoms with Crippen molar-refractivity contribution in [3.05, 3.63) is 58.2 Å². The van der Waals surface area contributed by atoms with Gasteiger partial charge in [-0.25, -0.2) is 17.6 Å². The molecule has 2 aromatic carbocycles. The predicted molar refractivity (Wildman–Crippen MR) is 101 cm³/mol. The molecule has 0 aliphatic carbocycles. The minimum atomic E-state index is -1.69. The van der Waals surface area contributed by atoms with Crippen LogP contribution in [0.3, 0.4) is 0 Å². The molecule has 2 aromatic rings. The maximum absolute atomic E-state index is 14.6. The van der Waals surface area contributed by atoms with Gasteiger partial charge in [0.1, 0.15) is 0 Å². The molecule has 5 nitrogen and oxygen atoms in total. The molecule has 174 valence electrons. The molecule has 2 amide bonds. The maximum atomic E-state index is 14.6. The summed E-state index contributed by atoms with van der Waals surface area (Å²) in [6, 6.07) is 0.440. The van der Waals surface area contributed by atoms with E-state index in [1.165, 1.54) is 0 Å². The number of ether oxygens (including phenoxy) is 2. The van der Waals surface area contributed by atoms with Gasteiger partial charge >= 0.3 is 0 Å². The van der Waals surface area contributed by atoms with Crippen LogP contribution in [0.2, 0.25) is 0 Å². The van der Waals surface area contributed by atoms with Crippen LogP contribution in [0.15, 0.2) is 12.1 Å². The van der Waals surface area contributed by atoms with Crippen LogP contribution in [0.5, 0.6) is 11.5 Å². The molecule has 0 saturated carbocycles. The lowest BCUT2D eigenvalue weighted by atomic mass is 10.1. The second-order valence-corrected chi connectivity index (χ2v) is 6.60. The molecule has 0 N–H and O–H groups in total. The summed E-state index contributed by atoms with van der Waals surface area (Å²) in [7, 11) is 1.67. The van der Waals surface area contributed by atoms with Gasteiger partial charge in [0.2, 0.25) is 11.6 Å². The van der Waals surface area contributed by atoms with Gasteiger partial charge in [-0.05, 0) is 18.6 Å². The zero-order chi connectivity index (χ0) is 24.2. The number of rotatable bonds is 8. The fraction of sp³-hybridized carbons (Fsp3) is 0.333. The normalized spacial score (nSPS) is 10.8. The van der Waals surface area contributed by atoms with Crippen molar-refractivity contribution in [2.45, 2.75) is 26.2 Å². The van der Waals surface area contributed by atoms with Crippen LogP contribution in [-0.4, -0.2) is 37.5 Å². The number of carbonyl (C=O) groups is 2. The van der Waals surface area contributed by atoms with Crippen molar-refractivity contribution in [3.8, 4) is 11.5 Å². The van der Waals surface area contributed by atoms with Gasteiger partial charge in [-0.3, -0.25) is 14.5 Å². The molecule has 0 aliphatic rings. The van der Waals surface area contributed by atoms with E-state index >= 15 is 0 Å². The summed E-state index contributed by atoms with van der Waals surface area (Å²) in [4.78, 5) is 26.2. The Morgan fingerprint density at radius 2 is 1.16 bits per heavy atom. The summed E-state index contributed by atoms with van der Waals surface area (Å²) < 4.78 is 93.3. The third-order valence-corrected chi connectivity index (χ3v) is 4.58. The molecular formula is C21H19F6NO4. The smallest absolute Gasteiger partial charge is 0.263 e. The molecule has 0 heterocycles. The van der Waals surface area contributed by atoms with E-state index in [4.69, 9.17) is 0 Å². The standard InChI is InChI=1S/C21H19F6NO4/c1-4-5-6-7-28(20(29)10-8-12(22)16(26)18(31-2)14(10)24)21(30)11-9-13(23)17(27)19(32-3)15(11)25/h8-9H,4-7H2,1-3H3. The highest BCUT2D eigenvalue weighted by molar-refractivity contribution is 6.10. The molecule has 0 saturated heterocycles. The molecule has 32 heavy (non-hydrogen) atoms. The Balaban J connectivity index is 2.61. The van der Waals surface area contributed by atoms with E-state index in [-0.39, 0.29) is 18.6 Å². The van der Waals surface area contributed by atoms with E-state index < -0.39 is 75.9 Å². The molecule has 0 atom stereocenters. The van der Waals surface area contributed by atoms with Crippen molar-refractivity contribution in [1.82, 2.24) is 4.90 Å². The number of halogens is 6. The second-order valence-electron chi connectivity index (χ2n) is 6.60. The van der Waals surface area contributed by atoms with Crippen LogP contribution < -0.4 is 9.47 Å². The first-order valence-corrected chi connectivity index (χ1v) is 9.39. The number of nitrogens with zero attached hydrogens (tertiary/aromatic N) is 1.